The molecule has 0 aromatic heterocycles. The van der Waals surface area contributed by atoms with Gasteiger partial charge in [0.2, 0.25) is 0 Å². The maximum absolute atomic E-state index is 13.1. The molecule has 0 saturated carbocycles. The molecule has 0 heterocycles. The first-order valence-corrected chi connectivity index (χ1v) is 9.94. The molecule has 0 aliphatic rings. The van der Waals surface area contributed by atoms with E-state index in [4.69, 9.17) is 32.7 Å². The molecule has 0 amide bonds. The molecule has 0 bridgehead atoms. The van der Waals surface area contributed by atoms with E-state index in [1.165, 1.54) is 12.1 Å². The zero-order valence-electron chi connectivity index (χ0n) is 14.9. The van der Waals surface area contributed by atoms with Gasteiger partial charge in [0.15, 0.2) is 11.5 Å². The van der Waals surface area contributed by atoms with Crippen molar-refractivity contribution in [2.45, 2.75) is 13.2 Å². The summed E-state index contributed by atoms with van der Waals surface area (Å²) >= 11 is 15.9. The molecule has 3 nitrogen and oxygen atoms in total. The summed E-state index contributed by atoms with van der Waals surface area (Å²) in [5, 5.41) is 4.43. The highest BCUT2D eigenvalue weighted by Gasteiger charge is 2.15. The van der Waals surface area contributed by atoms with Crippen LogP contribution in [0.4, 0.5) is 10.1 Å². The summed E-state index contributed by atoms with van der Waals surface area (Å²) in [5.74, 6) is 0.901. The number of rotatable bonds is 7. The first-order chi connectivity index (χ1) is 13.5. The minimum atomic E-state index is -0.285. The zero-order chi connectivity index (χ0) is 20.1. The van der Waals surface area contributed by atoms with Gasteiger partial charge in [-0.2, -0.15) is 0 Å². The average Bonchev–Trinajstić information content (AvgIpc) is 2.69. The van der Waals surface area contributed by atoms with Gasteiger partial charge >= 0.3 is 0 Å². The summed E-state index contributed by atoms with van der Waals surface area (Å²) in [4.78, 5) is 0. The van der Waals surface area contributed by atoms with Gasteiger partial charge in [-0.3, -0.25) is 0 Å². The Morgan fingerprint density at radius 1 is 1.04 bits per heavy atom. The van der Waals surface area contributed by atoms with Crippen molar-refractivity contribution in [1.29, 1.82) is 0 Å². The first kappa shape index (κ1) is 20.8. The van der Waals surface area contributed by atoms with Gasteiger partial charge in [0, 0.05) is 21.6 Å². The SMILES string of the molecule is COc1ccc(Br)c(CNc2cc(Cl)ccc2Cl)c1OCc1ccc(F)cc1. The maximum atomic E-state index is 13.1. The molecule has 7 heteroatoms. The molecule has 3 aromatic rings. The monoisotopic (exact) mass is 483 g/mol. The lowest BCUT2D eigenvalue weighted by atomic mass is 10.1. The van der Waals surface area contributed by atoms with Crippen LogP contribution in [0.3, 0.4) is 0 Å². The van der Waals surface area contributed by atoms with Crippen molar-refractivity contribution in [3.05, 3.63) is 86.1 Å². The molecule has 0 unspecified atom stereocenters. The van der Waals surface area contributed by atoms with E-state index in [1.807, 2.05) is 12.1 Å². The van der Waals surface area contributed by atoms with Crippen LogP contribution in [0.15, 0.2) is 59.1 Å². The highest BCUT2D eigenvalue weighted by Crippen LogP contribution is 2.38. The smallest absolute Gasteiger partial charge is 0.167 e. The van der Waals surface area contributed by atoms with Gasteiger partial charge in [-0.15, -0.1) is 0 Å². The molecule has 0 saturated heterocycles. The third-order valence-corrected chi connectivity index (χ3v) is 5.38. The Kier molecular flexibility index (Phi) is 7.05. The second-order valence-electron chi connectivity index (χ2n) is 5.95. The summed E-state index contributed by atoms with van der Waals surface area (Å²) in [6, 6.07) is 15.1. The van der Waals surface area contributed by atoms with Crippen molar-refractivity contribution in [2.75, 3.05) is 12.4 Å². The molecule has 1 N–H and O–H groups in total. The summed E-state index contributed by atoms with van der Waals surface area (Å²) in [5.41, 5.74) is 2.42. The highest BCUT2D eigenvalue weighted by molar-refractivity contribution is 9.10. The highest BCUT2D eigenvalue weighted by atomic mass is 79.9. The van der Waals surface area contributed by atoms with E-state index in [1.54, 1.807) is 37.4 Å². The van der Waals surface area contributed by atoms with Gasteiger partial charge in [-0.1, -0.05) is 51.3 Å². The lowest BCUT2D eigenvalue weighted by molar-refractivity contribution is 0.281. The lowest BCUT2D eigenvalue weighted by Gasteiger charge is -2.18. The van der Waals surface area contributed by atoms with Crippen molar-refractivity contribution < 1.29 is 13.9 Å². The fraction of sp³-hybridized carbons (Fsp3) is 0.143. The largest absolute Gasteiger partial charge is 0.493 e. The van der Waals surface area contributed by atoms with Crippen LogP contribution >= 0.6 is 39.1 Å². The lowest BCUT2D eigenvalue weighted by Crippen LogP contribution is -2.06. The molecule has 146 valence electrons. The van der Waals surface area contributed by atoms with Crippen molar-refractivity contribution in [2.24, 2.45) is 0 Å². The van der Waals surface area contributed by atoms with E-state index in [0.29, 0.717) is 33.8 Å². The molecular weight excluding hydrogens is 468 g/mol. The number of hydrogen-bond donors (Lipinski definition) is 1. The van der Waals surface area contributed by atoms with E-state index in [0.717, 1.165) is 15.6 Å². The molecule has 3 aromatic carbocycles. The number of anilines is 1. The number of halogens is 4. The molecule has 0 atom stereocenters. The fourth-order valence-electron chi connectivity index (χ4n) is 2.62. The number of ether oxygens (including phenoxy) is 2. The average molecular weight is 485 g/mol. The topological polar surface area (TPSA) is 30.5 Å². The molecule has 0 fully saturated rings. The number of nitrogens with one attached hydrogen (secondary N) is 1. The van der Waals surface area contributed by atoms with Gasteiger partial charge in [-0.25, -0.2) is 4.39 Å². The predicted octanol–water partition coefficient (Wildman–Crippen LogP) is 7.09. The quantitative estimate of drug-likeness (QED) is 0.388. The Morgan fingerprint density at radius 3 is 2.50 bits per heavy atom. The standard InChI is InChI=1S/C21H17BrCl2FNO2/c1-27-20-9-7-17(22)16(11-26-19-10-14(23)4-8-18(19)24)21(20)28-12-13-2-5-15(25)6-3-13/h2-10,26H,11-12H2,1H3. The van der Waals surface area contributed by atoms with Gasteiger partial charge in [0.1, 0.15) is 12.4 Å². The van der Waals surface area contributed by atoms with Crippen molar-refractivity contribution in [3.63, 3.8) is 0 Å². The van der Waals surface area contributed by atoms with Gasteiger partial charge in [0.25, 0.3) is 0 Å². The minimum absolute atomic E-state index is 0.276. The van der Waals surface area contributed by atoms with Crippen LogP contribution in [0.2, 0.25) is 10.0 Å². The van der Waals surface area contributed by atoms with Crippen LogP contribution < -0.4 is 14.8 Å². The van der Waals surface area contributed by atoms with Crippen LogP contribution in [0.5, 0.6) is 11.5 Å². The third kappa shape index (κ3) is 5.10. The Morgan fingerprint density at radius 2 is 1.79 bits per heavy atom. The number of hydrogen-bond acceptors (Lipinski definition) is 3. The number of benzene rings is 3. The maximum Gasteiger partial charge on any atom is 0.167 e. The van der Waals surface area contributed by atoms with Crippen LogP contribution in [0.25, 0.3) is 0 Å². The fourth-order valence-corrected chi connectivity index (χ4v) is 3.43. The Labute approximate surface area is 181 Å². The van der Waals surface area contributed by atoms with E-state index in [9.17, 15) is 4.39 Å². The summed E-state index contributed by atoms with van der Waals surface area (Å²) < 4.78 is 25.5. The summed E-state index contributed by atoms with van der Waals surface area (Å²) in [6.07, 6.45) is 0. The van der Waals surface area contributed by atoms with Crippen LogP contribution in [0.1, 0.15) is 11.1 Å². The first-order valence-electron chi connectivity index (χ1n) is 8.39. The molecule has 28 heavy (non-hydrogen) atoms. The van der Waals surface area contributed by atoms with Crippen LogP contribution in [0, 0.1) is 5.82 Å². The predicted molar refractivity (Wildman–Crippen MR) is 115 cm³/mol. The van der Waals surface area contributed by atoms with E-state index < -0.39 is 0 Å². The van der Waals surface area contributed by atoms with Gasteiger partial charge in [-0.05, 0) is 48.0 Å². The summed E-state index contributed by atoms with van der Waals surface area (Å²) in [7, 11) is 1.58. The molecule has 3 rings (SSSR count). The molecule has 0 spiro atoms. The molecule has 0 aliphatic carbocycles. The van der Waals surface area contributed by atoms with Crippen molar-refractivity contribution >= 4 is 44.8 Å². The van der Waals surface area contributed by atoms with E-state index >= 15 is 0 Å². The normalized spacial score (nSPS) is 10.6. The van der Waals surface area contributed by atoms with Crippen molar-refractivity contribution in [1.82, 2.24) is 0 Å². The Bertz CT molecular complexity index is 967. The van der Waals surface area contributed by atoms with E-state index in [2.05, 4.69) is 21.2 Å². The Balaban J connectivity index is 1.84. The minimum Gasteiger partial charge on any atom is -0.493 e. The number of methoxy groups -OCH3 is 1. The van der Waals surface area contributed by atoms with Gasteiger partial charge < -0.3 is 14.8 Å². The van der Waals surface area contributed by atoms with Gasteiger partial charge in [0.05, 0.1) is 17.8 Å². The van der Waals surface area contributed by atoms with Crippen LogP contribution in [-0.2, 0) is 13.2 Å². The second-order valence-corrected chi connectivity index (χ2v) is 7.65. The Hall–Kier alpha value is -1.95. The second kappa shape index (κ2) is 9.50. The van der Waals surface area contributed by atoms with E-state index in [-0.39, 0.29) is 12.4 Å². The summed E-state index contributed by atoms with van der Waals surface area (Å²) in [6.45, 7) is 0.703. The molecule has 0 aliphatic heterocycles. The zero-order valence-corrected chi connectivity index (χ0v) is 18.0. The van der Waals surface area contributed by atoms with Crippen molar-refractivity contribution in [3.8, 4) is 11.5 Å². The third-order valence-electron chi connectivity index (χ3n) is 4.07. The molecule has 0 radical (unpaired) electrons. The molecular formula is C21H17BrCl2FNO2. The van der Waals surface area contributed by atoms with Crippen LogP contribution in [-0.4, -0.2) is 7.11 Å².